The minimum absolute atomic E-state index is 0.433. The van der Waals surface area contributed by atoms with Crippen molar-refractivity contribution in [2.45, 2.75) is 11.8 Å². The van der Waals surface area contributed by atoms with Crippen molar-refractivity contribution in [2.75, 3.05) is 0 Å². The van der Waals surface area contributed by atoms with Gasteiger partial charge in [-0.05, 0) is 24.6 Å². The maximum atomic E-state index is 10.6. The van der Waals surface area contributed by atoms with Crippen molar-refractivity contribution < 1.29 is 13.0 Å². The van der Waals surface area contributed by atoms with Gasteiger partial charge in [0.2, 0.25) is 0 Å². The van der Waals surface area contributed by atoms with Crippen molar-refractivity contribution in [3.8, 4) is 0 Å². The Morgan fingerprint density at radius 3 is 2.42 bits per heavy atom. The molecule has 12 heavy (non-hydrogen) atoms. The summed E-state index contributed by atoms with van der Waals surface area (Å²) in [4.78, 5) is -0.465. The van der Waals surface area contributed by atoms with Gasteiger partial charge in [0, 0.05) is 0 Å². The smallest absolute Gasteiger partial charge is 0.282 e. The second-order valence-corrected chi connectivity index (χ2v) is 3.84. The second-order valence-electron chi connectivity index (χ2n) is 2.45. The van der Waals surface area contributed by atoms with Crippen molar-refractivity contribution in [2.24, 2.45) is 0 Å². The van der Waals surface area contributed by atoms with Gasteiger partial charge in [0.25, 0.3) is 10.1 Å². The van der Waals surface area contributed by atoms with E-state index in [-0.39, 0.29) is 0 Å². The lowest BCUT2D eigenvalue weighted by molar-refractivity contribution is 0.483. The van der Waals surface area contributed by atoms with Gasteiger partial charge in [-0.1, -0.05) is 6.07 Å². The molecule has 0 aliphatic rings. The van der Waals surface area contributed by atoms with Crippen LogP contribution in [0.2, 0.25) is 0 Å². The molecule has 0 aliphatic carbocycles. The highest BCUT2D eigenvalue weighted by molar-refractivity contribution is 7.86. The molecule has 0 aliphatic heterocycles. The van der Waals surface area contributed by atoms with Gasteiger partial charge in [-0.3, -0.25) is 4.55 Å². The van der Waals surface area contributed by atoms with Crippen LogP contribution in [0, 0.1) is 6.92 Å². The largest absolute Gasteiger partial charge is 0.296 e. The first-order valence-corrected chi connectivity index (χ1v) is 4.62. The van der Waals surface area contributed by atoms with Gasteiger partial charge >= 0.3 is 0 Å². The third-order valence-corrected chi connectivity index (χ3v) is 2.29. The zero-order valence-electron chi connectivity index (χ0n) is 6.35. The molecule has 1 aromatic carbocycles. The number of aryl methyl sites for hydroxylation is 1. The molecule has 1 N–H and O–H groups in total. The summed E-state index contributed by atoms with van der Waals surface area (Å²) < 4.78 is 29.7. The van der Waals surface area contributed by atoms with Crippen LogP contribution >= 0.6 is 0 Å². The van der Waals surface area contributed by atoms with E-state index in [0.717, 1.165) is 11.6 Å². The molecule has 0 bridgehead atoms. The van der Waals surface area contributed by atoms with Gasteiger partial charge in [-0.2, -0.15) is 8.42 Å². The molecule has 0 aromatic heterocycles. The lowest BCUT2D eigenvalue weighted by Gasteiger charge is -1.99. The summed E-state index contributed by atoms with van der Waals surface area (Å²) in [7, 11) is -4.30. The van der Waals surface area contributed by atoms with Crippen LogP contribution in [0.4, 0.5) is 5.69 Å². The van der Waals surface area contributed by atoms with Gasteiger partial charge in [-0.25, -0.2) is 0 Å². The van der Waals surface area contributed by atoms with Crippen LogP contribution in [0.25, 0.3) is 0 Å². The van der Waals surface area contributed by atoms with E-state index in [4.69, 9.17) is 10.3 Å². The molecule has 1 aromatic rings. The summed E-state index contributed by atoms with van der Waals surface area (Å²) in [6.45, 7) is 1.70. The summed E-state index contributed by atoms with van der Waals surface area (Å²) in [5.74, 6) is 0. The minimum Gasteiger partial charge on any atom is -0.282 e. The van der Waals surface area contributed by atoms with E-state index in [1.165, 1.54) is 12.1 Å². The predicted octanol–water partition coefficient (Wildman–Crippen LogP) is 0.942. The topological polar surface area (TPSA) is 76.7 Å². The Hall–Kier alpha value is -1.07. The average molecular weight is 185 g/mol. The standard InChI is InChI=1S/C7H7NO3S/c1-5-2-3-7(6(8)4-5)12(9,10)11/h2-4H,1H3,(H,9,10,11). The third kappa shape index (κ3) is 1.75. The fraction of sp³-hybridized carbons (Fsp3) is 0.143. The maximum absolute atomic E-state index is 10.6. The summed E-state index contributed by atoms with van der Waals surface area (Å²) in [6, 6.07) is 3.91. The molecule has 0 spiro atoms. The van der Waals surface area contributed by atoms with Crippen LogP contribution in [-0.4, -0.2) is 13.0 Å². The molecule has 0 atom stereocenters. The zero-order valence-corrected chi connectivity index (χ0v) is 7.17. The second kappa shape index (κ2) is 2.76. The Balaban J connectivity index is 3.39. The normalized spacial score (nSPS) is 11.5. The molecule has 0 saturated heterocycles. The number of rotatable bonds is 1. The number of nitrogens with zero attached hydrogens (tertiary/aromatic N) is 1. The first-order valence-electron chi connectivity index (χ1n) is 3.18. The van der Waals surface area contributed by atoms with Crippen LogP contribution < -0.4 is 5.73 Å². The lowest BCUT2D eigenvalue weighted by Crippen LogP contribution is -1.99. The minimum atomic E-state index is -4.30. The number of hydrogen-bond acceptors (Lipinski definition) is 2. The fourth-order valence-corrected chi connectivity index (χ4v) is 1.41. The SMILES string of the molecule is Cc1ccc(S(=O)(=O)O)c([N])c1. The molecule has 0 fully saturated rings. The van der Waals surface area contributed by atoms with E-state index in [2.05, 4.69) is 0 Å². The molecule has 2 radical (unpaired) electrons. The van der Waals surface area contributed by atoms with Crippen LogP contribution in [0.3, 0.4) is 0 Å². The first kappa shape index (κ1) is 9.02. The summed E-state index contributed by atoms with van der Waals surface area (Å²) >= 11 is 0. The van der Waals surface area contributed by atoms with E-state index in [0.29, 0.717) is 0 Å². The Labute approximate surface area is 70.8 Å². The molecule has 1 rings (SSSR count). The molecule has 4 nitrogen and oxygen atoms in total. The van der Waals surface area contributed by atoms with Crippen molar-refractivity contribution in [1.82, 2.24) is 5.73 Å². The quantitative estimate of drug-likeness (QED) is 0.661. The highest BCUT2D eigenvalue weighted by Gasteiger charge is 2.13. The van der Waals surface area contributed by atoms with Gasteiger partial charge in [0.05, 0.1) is 0 Å². The highest BCUT2D eigenvalue weighted by atomic mass is 32.2. The van der Waals surface area contributed by atoms with E-state index in [1.54, 1.807) is 6.92 Å². The predicted molar refractivity (Wildman–Crippen MR) is 42.8 cm³/mol. The van der Waals surface area contributed by atoms with Crippen molar-refractivity contribution >= 4 is 15.8 Å². The molecule has 0 unspecified atom stereocenters. The molecule has 0 heterocycles. The van der Waals surface area contributed by atoms with Crippen LogP contribution in [0.5, 0.6) is 0 Å². The summed E-state index contributed by atoms with van der Waals surface area (Å²) in [6.07, 6.45) is 0. The molecule has 64 valence electrons. The van der Waals surface area contributed by atoms with Gasteiger partial charge in [-0.15, -0.1) is 5.73 Å². The Kier molecular flexibility index (Phi) is 2.08. The van der Waals surface area contributed by atoms with Crippen LogP contribution in [0.1, 0.15) is 5.56 Å². The average Bonchev–Trinajstić information content (AvgIpc) is 1.83. The van der Waals surface area contributed by atoms with Crippen molar-refractivity contribution in [1.29, 1.82) is 0 Å². The van der Waals surface area contributed by atoms with Crippen LogP contribution in [-0.2, 0) is 10.1 Å². The van der Waals surface area contributed by atoms with E-state index >= 15 is 0 Å². The van der Waals surface area contributed by atoms with Crippen LogP contribution in [0.15, 0.2) is 23.1 Å². The summed E-state index contributed by atoms with van der Waals surface area (Å²) in [5, 5.41) is 0. The van der Waals surface area contributed by atoms with E-state index in [1.807, 2.05) is 0 Å². The number of hydrogen-bond donors (Lipinski definition) is 1. The van der Waals surface area contributed by atoms with Crippen molar-refractivity contribution in [3.63, 3.8) is 0 Å². The summed E-state index contributed by atoms with van der Waals surface area (Å²) in [5.41, 5.74) is 9.38. The Morgan fingerprint density at radius 2 is 2.00 bits per heavy atom. The zero-order chi connectivity index (χ0) is 9.35. The molecular formula is C7H7NO3S. The third-order valence-electron chi connectivity index (χ3n) is 1.39. The molecule has 0 amide bonds. The maximum Gasteiger partial charge on any atom is 0.296 e. The van der Waals surface area contributed by atoms with E-state index in [9.17, 15) is 8.42 Å². The van der Waals surface area contributed by atoms with Gasteiger partial charge < -0.3 is 0 Å². The number of benzene rings is 1. The molecule has 0 saturated carbocycles. The molecular weight excluding hydrogens is 178 g/mol. The monoisotopic (exact) mass is 185 g/mol. The molecule has 5 heteroatoms. The highest BCUT2D eigenvalue weighted by Crippen LogP contribution is 2.19. The van der Waals surface area contributed by atoms with E-state index < -0.39 is 20.7 Å². The Bertz CT molecular complexity index is 397. The Morgan fingerprint density at radius 1 is 1.42 bits per heavy atom. The van der Waals surface area contributed by atoms with Crippen molar-refractivity contribution in [3.05, 3.63) is 23.8 Å². The fourth-order valence-electron chi connectivity index (χ4n) is 0.846. The first-order chi connectivity index (χ1) is 5.41. The van der Waals surface area contributed by atoms with Gasteiger partial charge in [0.1, 0.15) is 10.6 Å². The lowest BCUT2D eigenvalue weighted by atomic mass is 10.2. The van der Waals surface area contributed by atoms with Gasteiger partial charge in [0.15, 0.2) is 0 Å².